The van der Waals surface area contributed by atoms with Crippen LogP contribution in [-0.4, -0.2) is 4.98 Å². The number of aryl methyl sites for hydroxylation is 1. The van der Waals surface area contributed by atoms with Crippen LogP contribution in [0.5, 0.6) is 0 Å². The van der Waals surface area contributed by atoms with E-state index in [1.807, 2.05) is 49.4 Å². The predicted molar refractivity (Wildman–Crippen MR) is 68.6 cm³/mol. The molecular formula is C14H12N2O. The number of nitrogen functional groups attached to an aromatic ring is 1. The van der Waals surface area contributed by atoms with Gasteiger partial charge < -0.3 is 10.2 Å². The highest BCUT2D eigenvalue weighted by Crippen LogP contribution is 2.29. The van der Waals surface area contributed by atoms with Crippen molar-refractivity contribution >= 4 is 16.8 Å². The Hall–Kier alpha value is -2.29. The van der Waals surface area contributed by atoms with Crippen LogP contribution in [0.25, 0.3) is 22.6 Å². The van der Waals surface area contributed by atoms with Crippen molar-refractivity contribution in [2.24, 2.45) is 0 Å². The molecule has 0 amide bonds. The maximum atomic E-state index is 5.91. The summed E-state index contributed by atoms with van der Waals surface area (Å²) in [5, 5.41) is 0. The monoisotopic (exact) mass is 224 g/mol. The van der Waals surface area contributed by atoms with Gasteiger partial charge in [0.2, 0.25) is 5.89 Å². The lowest BCUT2D eigenvalue weighted by atomic mass is 10.2. The molecule has 0 aliphatic heterocycles. The number of benzene rings is 2. The normalized spacial score (nSPS) is 10.9. The maximum absolute atomic E-state index is 5.91. The minimum Gasteiger partial charge on any atom is -0.436 e. The SMILES string of the molecule is Cc1cccc2nc(-c3ccccc3N)oc12. The summed E-state index contributed by atoms with van der Waals surface area (Å²) < 4.78 is 5.77. The number of oxazole rings is 1. The van der Waals surface area contributed by atoms with Crippen LogP contribution in [0.1, 0.15) is 5.56 Å². The second kappa shape index (κ2) is 3.63. The number of hydrogen-bond acceptors (Lipinski definition) is 3. The maximum Gasteiger partial charge on any atom is 0.229 e. The van der Waals surface area contributed by atoms with Crippen LogP contribution < -0.4 is 5.73 Å². The van der Waals surface area contributed by atoms with Gasteiger partial charge in [-0.15, -0.1) is 0 Å². The van der Waals surface area contributed by atoms with E-state index in [-0.39, 0.29) is 0 Å². The van der Waals surface area contributed by atoms with Crippen molar-refractivity contribution in [2.45, 2.75) is 6.92 Å². The van der Waals surface area contributed by atoms with Crippen LogP contribution in [0, 0.1) is 6.92 Å². The molecule has 0 aliphatic rings. The van der Waals surface area contributed by atoms with Crippen LogP contribution in [-0.2, 0) is 0 Å². The Morgan fingerprint density at radius 1 is 1.06 bits per heavy atom. The Morgan fingerprint density at radius 3 is 2.65 bits per heavy atom. The fourth-order valence-electron chi connectivity index (χ4n) is 1.89. The first-order chi connectivity index (χ1) is 8.25. The van der Waals surface area contributed by atoms with Crippen molar-refractivity contribution in [3.05, 3.63) is 48.0 Å². The van der Waals surface area contributed by atoms with E-state index >= 15 is 0 Å². The summed E-state index contributed by atoms with van der Waals surface area (Å²) in [6, 6.07) is 13.5. The summed E-state index contributed by atoms with van der Waals surface area (Å²) in [5.41, 5.74) is 10.2. The van der Waals surface area contributed by atoms with Crippen molar-refractivity contribution in [3.63, 3.8) is 0 Å². The first kappa shape index (κ1) is 9.90. The number of anilines is 1. The second-order valence-electron chi connectivity index (χ2n) is 4.03. The zero-order chi connectivity index (χ0) is 11.8. The van der Waals surface area contributed by atoms with Crippen LogP contribution >= 0.6 is 0 Å². The average Bonchev–Trinajstić information content (AvgIpc) is 2.75. The Kier molecular flexibility index (Phi) is 2.11. The molecule has 0 unspecified atom stereocenters. The highest BCUT2D eigenvalue weighted by Gasteiger charge is 2.11. The van der Waals surface area contributed by atoms with Crippen molar-refractivity contribution in [2.75, 3.05) is 5.73 Å². The third-order valence-electron chi connectivity index (χ3n) is 2.80. The first-order valence-electron chi connectivity index (χ1n) is 5.47. The molecule has 0 spiro atoms. The second-order valence-corrected chi connectivity index (χ2v) is 4.03. The first-order valence-corrected chi connectivity index (χ1v) is 5.47. The molecule has 3 heteroatoms. The summed E-state index contributed by atoms with van der Waals surface area (Å²) in [5.74, 6) is 0.576. The van der Waals surface area contributed by atoms with E-state index in [1.165, 1.54) is 0 Å². The molecule has 1 heterocycles. The van der Waals surface area contributed by atoms with Crippen LogP contribution in [0.3, 0.4) is 0 Å². The van der Waals surface area contributed by atoms with E-state index in [4.69, 9.17) is 10.2 Å². The molecule has 1 aromatic heterocycles. The standard InChI is InChI=1S/C14H12N2O/c1-9-5-4-8-12-13(9)17-14(16-12)10-6-2-3-7-11(10)15/h2-8H,15H2,1H3. The number of fused-ring (bicyclic) bond motifs is 1. The van der Waals surface area contributed by atoms with Gasteiger partial charge >= 0.3 is 0 Å². The largest absolute Gasteiger partial charge is 0.436 e. The van der Waals surface area contributed by atoms with E-state index in [9.17, 15) is 0 Å². The van der Waals surface area contributed by atoms with Crippen LogP contribution in [0.4, 0.5) is 5.69 Å². The number of hydrogen-bond donors (Lipinski definition) is 1. The fourth-order valence-corrected chi connectivity index (χ4v) is 1.89. The highest BCUT2D eigenvalue weighted by atomic mass is 16.3. The van der Waals surface area contributed by atoms with E-state index in [1.54, 1.807) is 0 Å². The summed E-state index contributed by atoms with van der Waals surface area (Å²) in [4.78, 5) is 4.46. The molecule has 0 bridgehead atoms. The minimum atomic E-state index is 0.576. The molecule has 2 N–H and O–H groups in total. The van der Waals surface area contributed by atoms with Gasteiger partial charge in [0.25, 0.3) is 0 Å². The van der Waals surface area contributed by atoms with Gasteiger partial charge in [0, 0.05) is 5.69 Å². The van der Waals surface area contributed by atoms with Gasteiger partial charge in [0.15, 0.2) is 5.58 Å². The molecule has 3 nitrogen and oxygen atoms in total. The van der Waals surface area contributed by atoms with E-state index in [2.05, 4.69) is 4.98 Å². The van der Waals surface area contributed by atoms with Gasteiger partial charge in [-0.2, -0.15) is 0 Å². The van der Waals surface area contributed by atoms with E-state index in [0.717, 1.165) is 22.2 Å². The molecule has 3 rings (SSSR count). The third-order valence-corrected chi connectivity index (χ3v) is 2.80. The Bertz CT molecular complexity index is 686. The summed E-state index contributed by atoms with van der Waals surface area (Å²) in [6.45, 7) is 2.01. The number of nitrogens with zero attached hydrogens (tertiary/aromatic N) is 1. The Balaban J connectivity index is 2.26. The van der Waals surface area contributed by atoms with Crippen molar-refractivity contribution in [1.29, 1.82) is 0 Å². The molecule has 0 aliphatic carbocycles. The van der Waals surface area contributed by atoms with Gasteiger partial charge in [0.1, 0.15) is 5.52 Å². The van der Waals surface area contributed by atoms with E-state index < -0.39 is 0 Å². The van der Waals surface area contributed by atoms with Gasteiger partial charge in [-0.05, 0) is 30.7 Å². The van der Waals surface area contributed by atoms with E-state index in [0.29, 0.717) is 11.6 Å². The Labute approximate surface area is 98.9 Å². The number of para-hydroxylation sites is 2. The highest BCUT2D eigenvalue weighted by molar-refractivity contribution is 5.81. The van der Waals surface area contributed by atoms with Gasteiger partial charge in [0.05, 0.1) is 5.56 Å². The zero-order valence-electron chi connectivity index (χ0n) is 9.47. The smallest absolute Gasteiger partial charge is 0.229 e. The van der Waals surface area contributed by atoms with Gasteiger partial charge in [-0.25, -0.2) is 4.98 Å². The molecule has 0 saturated heterocycles. The number of aromatic nitrogens is 1. The average molecular weight is 224 g/mol. The third kappa shape index (κ3) is 1.56. The fraction of sp³-hybridized carbons (Fsp3) is 0.0714. The topological polar surface area (TPSA) is 52.0 Å². The molecule has 0 fully saturated rings. The molecule has 84 valence electrons. The Morgan fingerprint density at radius 2 is 1.88 bits per heavy atom. The quantitative estimate of drug-likeness (QED) is 0.644. The molecule has 17 heavy (non-hydrogen) atoms. The van der Waals surface area contributed by atoms with Crippen LogP contribution in [0.2, 0.25) is 0 Å². The van der Waals surface area contributed by atoms with Crippen molar-refractivity contribution < 1.29 is 4.42 Å². The van der Waals surface area contributed by atoms with Crippen molar-refractivity contribution in [3.8, 4) is 11.5 Å². The minimum absolute atomic E-state index is 0.576. The molecule has 0 radical (unpaired) electrons. The molecule has 0 atom stereocenters. The molecule has 3 aromatic rings. The molecular weight excluding hydrogens is 212 g/mol. The molecule has 0 saturated carbocycles. The zero-order valence-corrected chi connectivity index (χ0v) is 9.47. The predicted octanol–water partition coefficient (Wildman–Crippen LogP) is 3.39. The summed E-state index contributed by atoms with van der Waals surface area (Å²) in [7, 11) is 0. The van der Waals surface area contributed by atoms with Crippen LogP contribution in [0.15, 0.2) is 46.9 Å². The number of nitrogens with two attached hydrogens (primary N) is 1. The lowest BCUT2D eigenvalue weighted by Crippen LogP contribution is -1.88. The van der Waals surface area contributed by atoms with Gasteiger partial charge in [-0.1, -0.05) is 24.3 Å². The lowest BCUT2D eigenvalue weighted by molar-refractivity contribution is 0.617. The lowest BCUT2D eigenvalue weighted by Gasteiger charge is -1.98. The molecule has 2 aromatic carbocycles. The van der Waals surface area contributed by atoms with Crippen molar-refractivity contribution in [1.82, 2.24) is 4.98 Å². The summed E-state index contributed by atoms with van der Waals surface area (Å²) in [6.07, 6.45) is 0. The number of rotatable bonds is 1. The van der Waals surface area contributed by atoms with Gasteiger partial charge in [-0.3, -0.25) is 0 Å². The summed E-state index contributed by atoms with van der Waals surface area (Å²) >= 11 is 0.